The van der Waals surface area contributed by atoms with Crippen LogP contribution in [0, 0.1) is 11.6 Å². The molecule has 0 unspecified atom stereocenters. The van der Waals surface area contributed by atoms with Crippen LogP contribution in [0.3, 0.4) is 0 Å². The number of hydrogen-bond donors (Lipinski definition) is 1. The Morgan fingerprint density at radius 3 is 2.57 bits per heavy atom. The predicted molar refractivity (Wildman–Crippen MR) is 109 cm³/mol. The molecule has 1 N–H and O–H groups in total. The Morgan fingerprint density at radius 1 is 1.03 bits per heavy atom. The van der Waals surface area contributed by atoms with E-state index in [1.54, 1.807) is 46.4 Å². The second-order valence-electron chi connectivity index (χ2n) is 6.88. The Morgan fingerprint density at radius 2 is 1.83 bits per heavy atom. The first-order chi connectivity index (χ1) is 14.7. The van der Waals surface area contributed by atoms with E-state index in [9.17, 15) is 8.78 Å². The Hall–Kier alpha value is -3.59. The van der Waals surface area contributed by atoms with Crippen LogP contribution in [-0.2, 0) is 4.74 Å². The van der Waals surface area contributed by atoms with E-state index < -0.39 is 11.6 Å². The number of benzene rings is 1. The van der Waals surface area contributed by atoms with E-state index >= 15 is 0 Å². The van der Waals surface area contributed by atoms with Crippen molar-refractivity contribution in [3.05, 3.63) is 66.8 Å². The van der Waals surface area contributed by atoms with Crippen molar-refractivity contribution in [2.45, 2.75) is 0 Å². The van der Waals surface area contributed by atoms with E-state index in [-0.39, 0.29) is 5.69 Å². The van der Waals surface area contributed by atoms with Crippen molar-refractivity contribution in [1.82, 2.24) is 19.5 Å². The molecule has 1 aliphatic rings. The van der Waals surface area contributed by atoms with Gasteiger partial charge < -0.3 is 19.5 Å². The molecule has 152 valence electrons. The van der Waals surface area contributed by atoms with Crippen molar-refractivity contribution in [2.24, 2.45) is 0 Å². The molecule has 0 saturated carbocycles. The summed E-state index contributed by atoms with van der Waals surface area (Å²) in [6.45, 7) is 1.81. The van der Waals surface area contributed by atoms with Crippen LogP contribution >= 0.6 is 0 Å². The first-order valence-corrected chi connectivity index (χ1v) is 9.52. The highest BCUT2D eigenvalue weighted by molar-refractivity contribution is 5.79. The Bertz CT molecular complexity index is 1170. The van der Waals surface area contributed by atoms with Crippen LogP contribution in [0.5, 0.6) is 0 Å². The normalized spacial score (nSPS) is 14.3. The van der Waals surface area contributed by atoms with Gasteiger partial charge in [-0.2, -0.15) is 4.98 Å². The number of pyridine rings is 1. The van der Waals surface area contributed by atoms with Crippen molar-refractivity contribution in [1.29, 1.82) is 0 Å². The van der Waals surface area contributed by atoms with Gasteiger partial charge in [0.15, 0.2) is 11.6 Å². The zero-order valence-corrected chi connectivity index (χ0v) is 15.9. The first-order valence-electron chi connectivity index (χ1n) is 9.52. The SMILES string of the molecule is Fc1cc(-n2ccc3cnc(Nc4cccnc4)nc32)cc(F)c1N1CCOCC1. The Labute approximate surface area is 171 Å². The molecule has 0 aliphatic carbocycles. The average Bonchev–Trinajstić information content (AvgIpc) is 3.18. The summed E-state index contributed by atoms with van der Waals surface area (Å²) in [5.74, 6) is -0.866. The van der Waals surface area contributed by atoms with Crippen molar-refractivity contribution in [3.63, 3.8) is 0 Å². The van der Waals surface area contributed by atoms with E-state index in [1.807, 2.05) is 6.07 Å². The van der Waals surface area contributed by atoms with Gasteiger partial charge >= 0.3 is 0 Å². The number of anilines is 3. The maximum Gasteiger partial charge on any atom is 0.229 e. The lowest BCUT2D eigenvalue weighted by Crippen LogP contribution is -2.37. The molecule has 1 aliphatic heterocycles. The molecule has 7 nitrogen and oxygen atoms in total. The summed E-state index contributed by atoms with van der Waals surface area (Å²) < 4.78 is 36.6. The van der Waals surface area contributed by atoms with Crippen molar-refractivity contribution in [2.75, 3.05) is 36.5 Å². The lowest BCUT2D eigenvalue weighted by atomic mass is 10.2. The van der Waals surface area contributed by atoms with Crippen LogP contribution in [0.4, 0.5) is 26.1 Å². The third-order valence-corrected chi connectivity index (χ3v) is 4.95. The van der Waals surface area contributed by atoms with Crippen LogP contribution < -0.4 is 10.2 Å². The zero-order valence-electron chi connectivity index (χ0n) is 15.9. The number of morpholine rings is 1. The highest BCUT2D eigenvalue weighted by atomic mass is 19.1. The van der Waals surface area contributed by atoms with Gasteiger partial charge in [0.1, 0.15) is 11.3 Å². The van der Waals surface area contributed by atoms with Gasteiger partial charge in [-0.05, 0) is 18.2 Å². The van der Waals surface area contributed by atoms with E-state index in [1.165, 1.54) is 12.1 Å². The highest BCUT2D eigenvalue weighted by Gasteiger charge is 2.21. The second kappa shape index (κ2) is 7.68. The van der Waals surface area contributed by atoms with Gasteiger partial charge in [-0.3, -0.25) is 4.98 Å². The average molecular weight is 408 g/mol. The third-order valence-electron chi connectivity index (χ3n) is 4.95. The number of halogens is 2. The fourth-order valence-electron chi connectivity index (χ4n) is 3.53. The molecular formula is C21H18F2N6O. The number of rotatable bonds is 4. The van der Waals surface area contributed by atoms with E-state index in [4.69, 9.17) is 4.74 Å². The van der Waals surface area contributed by atoms with Crippen LogP contribution in [-0.4, -0.2) is 45.8 Å². The summed E-state index contributed by atoms with van der Waals surface area (Å²) in [6, 6.07) is 8.09. The van der Waals surface area contributed by atoms with Gasteiger partial charge in [0.2, 0.25) is 5.95 Å². The Balaban J connectivity index is 1.52. The summed E-state index contributed by atoms with van der Waals surface area (Å²) in [5, 5.41) is 3.83. The molecule has 0 amide bonds. The molecule has 30 heavy (non-hydrogen) atoms. The number of fused-ring (bicyclic) bond motifs is 1. The van der Waals surface area contributed by atoms with Crippen molar-refractivity contribution in [3.8, 4) is 5.69 Å². The number of nitrogens with one attached hydrogen (secondary N) is 1. The molecular weight excluding hydrogens is 390 g/mol. The van der Waals surface area contributed by atoms with E-state index in [2.05, 4.69) is 20.3 Å². The fraction of sp³-hybridized carbons (Fsp3) is 0.190. The summed E-state index contributed by atoms with van der Waals surface area (Å²) in [4.78, 5) is 14.5. The Kier molecular flexibility index (Phi) is 4.72. The smallest absolute Gasteiger partial charge is 0.229 e. The van der Waals surface area contributed by atoms with Crippen LogP contribution in [0.2, 0.25) is 0 Å². The molecule has 0 spiro atoms. The molecule has 3 aromatic heterocycles. The molecule has 4 aromatic rings. The predicted octanol–water partition coefficient (Wildman–Crippen LogP) is 3.67. The topological polar surface area (TPSA) is 68.1 Å². The number of nitrogens with zero attached hydrogens (tertiary/aromatic N) is 5. The molecule has 0 atom stereocenters. The minimum atomic E-state index is -0.614. The quantitative estimate of drug-likeness (QED) is 0.556. The summed E-state index contributed by atoms with van der Waals surface area (Å²) in [6.07, 6.45) is 6.70. The van der Waals surface area contributed by atoms with Gasteiger partial charge in [-0.15, -0.1) is 0 Å². The van der Waals surface area contributed by atoms with Crippen LogP contribution in [0.1, 0.15) is 0 Å². The summed E-state index contributed by atoms with van der Waals surface area (Å²) in [5.41, 5.74) is 1.60. The summed E-state index contributed by atoms with van der Waals surface area (Å²) in [7, 11) is 0. The lowest BCUT2D eigenvalue weighted by molar-refractivity contribution is 0.122. The summed E-state index contributed by atoms with van der Waals surface area (Å²) >= 11 is 0. The van der Waals surface area contributed by atoms with Crippen LogP contribution in [0.25, 0.3) is 16.7 Å². The van der Waals surface area contributed by atoms with Gasteiger partial charge in [-0.1, -0.05) is 0 Å². The number of aromatic nitrogens is 4. The van der Waals surface area contributed by atoms with Crippen molar-refractivity contribution < 1.29 is 13.5 Å². The van der Waals surface area contributed by atoms with E-state index in [0.717, 1.165) is 11.1 Å². The highest BCUT2D eigenvalue weighted by Crippen LogP contribution is 2.29. The third kappa shape index (κ3) is 3.43. The molecule has 1 fully saturated rings. The maximum absolute atomic E-state index is 14.9. The minimum Gasteiger partial charge on any atom is -0.378 e. The molecule has 4 heterocycles. The zero-order chi connectivity index (χ0) is 20.5. The number of hydrogen-bond acceptors (Lipinski definition) is 6. The van der Waals surface area contributed by atoms with Gasteiger partial charge in [0, 0.05) is 49.2 Å². The first kappa shape index (κ1) is 18.4. The molecule has 0 radical (unpaired) electrons. The molecule has 1 aromatic carbocycles. The minimum absolute atomic E-state index is 0.0212. The van der Waals surface area contributed by atoms with E-state index in [0.29, 0.717) is 43.6 Å². The largest absolute Gasteiger partial charge is 0.378 e. The van der Waals surface area contributed by atoms with Gasteiger partial charge in [0.25, 0.3) is 0 Å². The molecule has 0 bridgehead atoms. The van der Waals surface area contributed by atoms with Crippen molar-refractivity contribution >= 4 is 28.4 Å². The molecule has 1 saturated heterocycles. The number of ether oxygens (including phenoxy) is 1. The monoisotopic (exact) mass is 408 g/mol. The molecule has 9 heteroatoms. The second-order valence-corrected chi connectivity index (χ2v) is 6.88. The van der Waals surface area contributed by atoms with Crippen LogP contribution in [0.15, 0.2) is 55.1 Å². The van der Waals surface area contributed by atoms with Gasteiger partial charge in [0.05, 0.1) is 30.8 Å². The lowest BCUT2D eigenvalue weighted by Gasteiger charge is -2.29. The fourth-order valence-corrected chi connectivity index (χ4v) is 3.53. The maximum atomic E-state index is 14.9. The standard InChI is InChI=1S/C21H18F2N6O/c22-17-10-16(11-18(23)19(17)28-6-8-30-9-7-28)29-5-3-14-12-25-21(27-20(14)29)26-15-2-1-4-24-13-15/h1-5,10-13H,6-9H2,(H,25,26,27). The van der Waals surface area contributed by atoms with Gasteiger partial charge in [-0.25, -0.2) is 13.8 Å². The molecule has 5 rings (SSSR count).